The van der Waals surface area contributed by atoms with Crippen LogP contribution in [0.3, 0.4) is 0 Å². The van der Waals surface area contributed by atoms with E-state index in [1.54, 1.807) is 30.1 Å². The summed E-state index contributed by atoms with van der Waals surface area (Å²) < 4.78 is 1.45. The number of nitrogens with zero attached hydrogens (tertiary/aromatic N) is 2. The molecule has 0 saturated carbocycles. The Labute approximate surface area is 165 Å². The highest BCUT2D eigenvalue weighted by Crippen LogP contribution is 2.33. The van der Waals surface area contributed by atoms with Crippen molar-refractivity contribution in [3.05, 3.63) is 100 Å². The highest BCUT2D eigenvalue weighted by Gasteiger charge is 2.06. The largest absolute Gasteiger partial charge is 0.378 e. The Kier molecular flexibility index (Phi) is 5.14. The molecule has 6 heteroatoms. The molecule has 0 amide bonds. The first-order chi connectivity index (χ1) is 13.2. The fourth-order valence-electron chi connectivity index (χ4n) is 2.72. The molecule has 0 unspecified atom stereocenters. The summed E-state index contributed by atoms with van der Waals surface area (Å²) in [5.74, 6) is 0. The van der Waals surface area contributed by atoms with Crippen LogP contribution in [0, 0.1) is 0 Å². The molecule has 0 radical (unpaired) electrons. The fourth-order valence-corrected chi connectivity index (χ4v) is 3.82. The predicted octanol–water partition coefficient (Wildman–Crippen LogP) is 5.11. The third-order valence-corrected chi connectivity index (χ3v) is 5.30. The first-order valence-electron chi connectivity index (χ1n) is 8.43. The van der Waals surface area contributed by atoms with Crippen LogP contribution in [-0.2, 0) is 6.54 Å². The molecule has 27 heavy (non-hydrogen) atoms. The van der Waals surface area contributed by atoms with E-state index in [-0.39, 0.29) is 5.56 Å². The van der Waals surface area contributed by atoms with Crippen molar-refractivity contribution in [2.45, 2.75) is 16.3 Å². The van der Waals surface area contributed by atoms with Gasteiger partial charge in [0.05, 0.1) is 17.3 Å². The van der Waals surface area contributed by atoms with Crippen molar-refractivity contribution in [2.75, 3.05) is 5.32 Å². The number of halogens is 1. The van der Waals surface area contributed by atoms with Crippen molar-refractivity contribution < 1.29 is 0 Å². The minimum Gasteiger partial charge on any atom is -0.378 e. The Balaban J connectivity index is 1.56. The quantitative estimate of drug-likeness (QED) is 0.511. The number of hydrogen-bond acceptors (Lipinski definition) is 4. The van der Waals surface area contributed by atoms with E-state index >= 15 is 0 Å². The van der Waals surface area contributed by atoms with Crippen LogP contribution in [0.15, 0.2) is 93.6 Å². The van der Waals surface area contributed by atoms with Crippen molar-refractivity contribution in [1.29, 1.82) is 0 Å². The standard InChI is InChI=1S/C21H16ClN3OS/c22-15-10-11-20-24-16(12-21(26)25(20)14-15)13-23-18-8-4-5-9-19(18)27-17-6-2-1-3-7-17/h1-12,14,23H,13H2. The summed E-state index contributed by atoms with van der Waals surface area (Å²) in [6.45, 7) is 0.459. The maximum Gasteiger partial charge on any atom is 0.258 e. The van der Waals surface area contributed by atoms with Crippen molar-refractivity contribution in [3.8, 4) is 0 Å². The smallest absolute Gasteiger partial charge is 0.258 e. The molecule has 0 bridgehead atoms. The summed E-state index contributed by atoms with van der Waals surface area (Å²) in [7, 11) is 0. The average Bonchev–Trinajstić information content (AvgIpc) is 2.69. The van der Waals surface area contributed by atoms with Gasteiger partial charge in [-0.15, -0.1) is 0 Å². The zero-order valence-corrected chi connectivity index (χ0v) is 15.9. The normalized spacial score (nSPS) is 10.9. The van der Waals surface area contributed by atoms with E-state index in [1.807, 2.05) is 36.4 Å². The van der Waals surface area contributed by atoms with Gasteiger partial charge in [-0.1, -0.05) is 53.7 Å². The molecule has 4 aromatic rings. The molecule has 0 aliphatic rings. The van der Waals surface area contributed by atoms with Crippen LogP contribution in [0.25, 0.3) is 5.65 Å². The summed E-state index contributed by atoms with van der Waals surface area (Å²) in [5, 5.41) is 3.90. The van der Waals surface area contributed by atoms with Crippen LogP contribution in [0.5, 0.6) is 0 Å². The second kappa shape index (κ2) is 7.86. The Hall–Kier alpha value is -2.76. The lowest BCUT2D eigenvalue weighted by Gasteiger charge is -2.12. The monoisotopic (exact) mass is 393 g/mol. The van der Waals surface area contributed by atoms with Crippen LogP contribution in [0.2, 0.25) is 5.02 Å². The molecule has 0 aliphatic carbocycles. The minimum atomic E-state index is -0.147. The fraction of sp³-hybridized carbons (Fsp3) is 0.0476. The molecule has 2 aromatic heterocycles. The summed E-state index contributed by atoms with van der Waals surface area (Å²) in [6.07, 6.45) is 1.58. The Morgan fingerprint density at radius 1 is 1.00 bits per heavy atom. The van der Waals surface area contributed by atoms with Crippen molar-refractivity contribution in [1.82, 2.24) is 9.38 Å². The second-order valence-electron chi connectivity index (χ2n) is 5.93. The molecule has 0 atom stereocenters. The van der Waals surface area contributed by atoms with Gasteiger partial charge in [-0.3, -0.25) is 9.20 Å². The molecule has 4 rings (SSSR count). The number of pyridine rings is 1. The number of benzene rings is 2. The maximum absolute atomic E-state index is 12.3. The predicted molar refractivity (Wildman–Crippen MR) is 111 cm³/mol. The molecule has 2 aromatic carbocycles. The van der Waals surface area contributed by atoms with Gasteiger partial charge in [-0.05, 0) is 36.4 Å². The van der Waals surface area contributed by atoms with Crippen molar-refractivity contribution >= 4 is 34.7 Å². The van der Waals surface area contributed by atoms with E-state index in [0.29, 0.717) is 22.9 Å². The third-order valence-electron chi connectivity index (χ3n) is 3.99. The number of nitrogens with one attached hydrogen (secondary N) is 1. The average molecular weight is 394 g/mol. The molecular weight excluding hydrogens is 378 g/mol. The van der Waals surface area contributed by atoms with Crippen molar-refractivity contribution in [3.63, 3.8) is 0 Å². The molecule has 1 N–H and O–H groups in total. The van der Waals surface area contributed by atoms with Gasteiger partial charge in [0, 0.05) is 27.7 Å². The molecule has 0 fully saturated rings. The third kappa shape index (κ3) is 4.15. The number of rotatable bonds is 5. The lowest BCUT2D eigenvalue weighted by Crippen LogP contribution is -2.16. The first-order valence-corrected chi connectivity index (χ1v) is 9.62. The van der Waals surface area contributed by atoms with Gasteiger partial charge in [-0.25, -0.2) is 4.98 Å². The van der Waals surface area contributed by atoms with Gasteiger partial charge in [0.1, 0.15) is 5.65 Å². The number of para-hydroxylation sites is 1. The van der Waals surface area contributed by atoms with E-state index in [1.165, 1.54) is 15.4 Å². The van der Waals surface area contributed by atoms with Crippen LogP contribution in [-0.4, -0.2) is 9.38 Å². The Morgan fingerprint density at radius 3 is 2.63 bits per heavy atom. The van der Waals surface area contributed by atoms with Gasteiger partial charge in [0.15, 0.2) is 0 Å². The summed E-state index contributed by atoms with van der Waals surface area (Å²) >= 11 is 7.65. The molecular formula is C21H16ClN3OS. The molecule has 0 spiro atoms. The molecule has 4 nitrogen and oxygen atoms in total. The molecule has 134 valence electrons. The van der Waals surface area contributed by atoms with Crippen LogP contribution < -0.4 is 10.9 Å². The SMILES string of the molecule is O=c1cc(CNc2ccccc2Sc2ccccc2)nc2ccc(Cl)cn12. The number of hydrogen-bond donors (Lipinski definition) is 1. The number of aromatic nitrogens is 2. The zero-order chi connectivity index (χ0) is 18.6. The zero-order valence-electron chi connectivity index (χ0n) is 14.3. The maximum atomic E-state index is 12.3. The van der Waals surface area contributed by atoms with E-state index < -0.39 is 0 Å². The van der Waals surface area contributed by atoms with Crippen molar-refractivity contribution in [2.24, 2.45) is 0 Å². The second-order valence-corrected chi connectivity index (χ2v) is 7.48. The lowest BCUT2D eigenvalue weighted by atomic mass is 10.3. The number of anilines is 1. The Bertz CT molecular complexity index is 1140. The van der Waals surface area contributed by atoms with Gasteiger partial charge >= 0.3 is 0 Å². The summed E-state index contributed by atoms with van der Waals surface area (Å²) in [4.78, 5) is 19.1. The van der Waals surface area contributed by atoms with Gasteiger partial charge in [0.25, 0.3) is 5.56 Å². The van der Waals surface area contributed by atoms with E-state index in [9.17, 15) is 4.79 Å². The van der Waals surface area contributed by atoms with E-state index in [4.69, 9.17) is 11.6 Å². The molecule has 0 saturated heterocycles. The van der Waals surface area contributed by atoms with Crippen LogP contribution in [0.4, 0.5) is 5.69 Å². The minimum absolute atomic E-state index is 0.147. The van der Waals surface area contributed by atoms with E-state index in [2.05, 4.69) is 28.5 Å². The first kappa shape index (κ1) is 17.6. The van der Waals surface area contributed by atoms with Crippen LogP contribution in [0.1, 0.15) is 5.69 Å². The molecule has 0 aliphatic heterocycles. The summed E-state index contributed by atoms with van der Waals surface area (Å²) in [5.41, 5.74) is 2.12. The van der Waals surface area contributed by atoms with Gasteiger partial charge < -0.3 is 5.32 Å². The van der Waals surface area contributed by atoms with Crippen LogP contribution >= 0.6 is 23.4 Å². The van der Waals surface area contributed by atoms with Gasteiger partial charge in [0.2, 0.25) is 0 Å². The highest BCUT2D eigenvalue weighted by molar-refractivity contribution is 7.99. The Morgan fingerprint density at radius 2 is 1.78 bits per heavy atom. The summed E-state index contributed by atoms with van der Waals surface area (Å²) in [6, 6.07) is 23.3. The lowest BCUT2D eigenvalue weighted by molar-refractivity contribution is 0.969. The highest BCUT2D eigenvalue weighted by atomic mass is 35.5. The molecule has 2 heterocycles. The van der Waals surface area contributed by atoms with E-state index in [0.717, 1.165) is 10.6 Å². The van der Waals surface area contributed by atoms with Gasteiger partial charge in [-0.2, -0.15) is 0 Å². The topological polar surface area (TPSA) is 46.4 Å². The number of fused-ring (bicyclic) bond motifs is 1.